The molecule has 3 heterocycles. The molecule has 1 amide bonds. The smallest absolute Gasteiger partial charge is 0.227 e. The van der Waals surface area contributed by atoms with Crippen molar-refractivity contribution in [3.63, 3.8) is 0 Å². The molecule has 0 unspecified atom stereocenters. The van der Waals surface area contributed by atoms with Gasteiger partial charge in [0.1, 0.15) is 5.75 Å². The molecule has 144 valence electrons. The molecule has 28 heavy (non-hydrogen) atoms. The first-order valence-electron chi connectivity index (χ1n) is 9.71. The standard InChI is InChI=1S/C22H24N4O2/c1-2-28-18-7-5-16(6-8-18)14-21(27)26-13-3-4-20(26)22-19(15-24-25-22)17-9-11-23-12-10-17/h5-12,15,20H,2-4,13-14H2,1H3,(H,24,25)/t20-/m0/s1. The lowest BCUT2D eigenvalue weighted by molar-refractivity contribution is -0.131. The summed E-state index contributed by atoms with van der Waals surface area (Å²) in [5.41, 5.74) is 4.10. The van der Waals surface area contributed by atoms with Gasteiger partial charge in [0.15, 0.2) is 0 Å². The van der Waals surface area contributed by atoms with Gasteiger partial charge in [-0.05, 0) is 55.2 Å². The topological polar surface area (TPSA) is 71.1 Å². The fraction of sp³-hybridized carbons (Fsp3) is 0.318. The number of rotatable bonds is 6. The Kier molecular flexibility index (Phi) is 5.37. The number of aromatic nitrogens is 3. The van der Waals surface area contributed by atoms with Gasteiger partial charge in [-0.1, -0.05) is 12.1 Å². The summed E-state index contributed by atoms with van der Waals surface area (Å²) in [6, 6.07) is 11.7. The summed E-state index contributed by atoms with van der Waals surface area (Å²) in [6.45, 7) is 3.37. The Bertz CT molecular complexity index is 921. The van der Waals surface area contributed by atoms with Crippen LogP contribution in [0.5, 0.6) is 5.75 Å². The van der Waals surface area contributed by atoms with E-state index in [4.69, 9.17) is 4.74 Å². The third-order valence-corrected chi connectivity index (χ3v) is 5.16. The molecular weight excluding hydrogens is 352 g/mol. The number of nitrogens with one attached hydrogen (secondary N) is 1. The van der Waals surface area contributed by atoms with Crippen molar-refractivity contribution in [2.24, 2.45) is 0 Å². The SMILES string of the molecule is CCOc1ccc(CC(=O)N2CCC[C@H]2c2[nH]ncc2-c2ccncc2)cc1. The van der Waals surface area contributed by atoms with Crippen LogP contribution in [0.4, 0.5) is 0 Å². The molecule has 0 radical (unpaired) electrons. The van der Waals surface area contributed by atoms with Crippen LogP contribution in [0.3, 0.4) is 0 Å². The second kappa shape index (κ2) is 8.25. The minimum Gasteiger partial charge on any atom is -0.494 e. The van der Waals surface area contributed by atoms with E-state index in [2.05, 4.69) is 15.2 Å². The number of H-pyrrole nitrogens is 1. The summed E-state index contributed by atoms with van der Waals surface area (Å²) >= 11 is 0. The molecule has 1 N–H and O–H groups in total. The number of ether oxygens (including phenoxy) is 1. The molecule has 1 aliphatic rings. The Hall–Kier alpha value is -3.15. The lowest BCUT2D eigenvalue weighted by atomic mass is 10.0. The predicted molar refractivity (Wildman–Crippen MR) is 107 cm³/mol. The van der Waals surface area contributed by atoms with E-state index in [1.165, 1.54) is 0 Å². The van der Waals surface area contributed by atoms with Crippen molar-refractivity contribution in [3.8, 4) is 16.9 Å². The van der Waals surface area contributed by atoms with Crippen LogP contribution in [0, 0.1) is 0 Å². The molecular formula is C22H24N4O2. The lowest BCUT2D eigenvalue weighted by Gasteiger charge is -2.25. The number of hydrogen-bond acceptors (Lipinski definition) is 4. The van der Waals surface area contributed by atoms with E-state index in [9.17, 15) is 4.79 Å². The van der Waals surface area contributed by atoms with Gasteiger partial charge < -0.3 is 9.64 Å². The number of pyridine rings is 1. The molecule has 1 fully saturated rings. The van der Waals surface area contributed by atoms with E-state index in [0.717, 1.165) is 47.5 Å². The number of likely N-dealkylation sites (tertiary alicyclic amines) is 1. The number of amides is 1. The Balaban J connectivity index is 1.51. The second-order valence-electron chi connectivity index (χ2n) is 6.93. The van der Waals surface area contributed by atoms with Gasteiger partial charge in [0.2, 0.25) is 5.91 Å². The van der Waals surface area contributed by atoms with Crippen LogP contribution in [0.25, 0.3) is 11.1 Å². The second-order valence-corrected chi connectivity index (χ2v) is 6.93. The van der Waals surface area contributed by atoms with Crippen LogP contribution in [-0.4, -0.2) is 39.1 Å². The van der Waals surface area contributed by atoms with E-state index in [0.29, 0.717) is 13.0 Å². The minimum atomic E-state index is 0.0286. The van der Waals surface area contributed by atoms with Gasteiger partial charge in [0, 0.05) is 24.5 Å². The highest BCUT2D eigenvalue weighted by molar-refractivity contribution is 5.80. The number of nitrogens with zero attached hydrogens (tertiary/aromatic N) is 3. The van der Waals surface area contributed by atoms with Crippen molar-refractivity contribution >= 4 is 5.91 Å². The predicted octanol–water partition coefficient (Wildman–Crippen LogP) is 3.78. The number of benzene rings is 1. The molecule has 0 spiro atoms. The largest absolute Gasteiger partial charge is 0.494 e. The molecule has 1 aliphatic heterocycles. The molecule has 1 aromatic carbocycles. The van der Waals surface area contributed by atoms with Crippen molar-refractivity contribution in [3.05, 3.63) is 66.2 Å². The van der Waals surface area contributed by atoms with Gasteiger partial charge in [-0.15, -0.1) is 0 Å². The summed E-state index contributed by atoms with van der Waals surface area (Å²) in [5, 5.41) is 7.39. The monoisotopic (exact) mass is 376 g/mol. The van der Waals surface area contributed by atoms with Crippen molar-refractivity contribution in [2.75, 3.05) is 13.2 Å². The summed E-state index contributed by atoms with van der Waals surface area (Å²) in [5.74, 6) is 0.971. The summed E-state index contributed by atoms with van der Waals surface area (Å²) in [6.07, 6.45) is 7.70. The molecule has 2 aromatic heterocycles. The number of carbonyl (C=O) groups excluding carboxylic acids is 1. The van der Waals surface area contributed by atoms with Crippen molar-refractivity contribution < 1.29 is 9.53 Å². The third-order valence-electron chi connectivity index (χ3n) is 5.16. The quantitative estimate of drug-likeness (QED) is 0.711. The van der Waals surface area contributed by atoms with Gasteiger partial charge in [0.25, 0.3) is 0 Å². The Labute approximate surface area is 164 Å². The van der Waals surface area contributed by atoms with Crippen molar-refractivity contribution in [2.45, 2.75) is 32.2 Å². The maximum Gasteiger partial charge on any atom is 0.227 e. The Morgan fingerprint density at radius 3 is 2.75 bits per heavy atom. The van der Waals surface area contributed by atoms with Gasteiger partial charge >= 0.3 is 0 Å². The normalized spacial score (nSPS) is 16.3. The maximum atomic E-state index is 13.0. The zero-order chi connectivity index (χ0) is 19.3. The van der Waals surface area contributed by atoms with Crippen LogP contribution in [0.2, 0.25) is 0 Å². The number of carbonyl (C=O) groups is 1. The van der Waals surface area contributed by atoms with E-state index >= 15 is 0 Å². The van der Waals surface area contributed by atoms with Gasteiger partial charge in [0.05, 0.1) is 31.0 Å². The molecule has 0 saturated carbocycles. The lowest BCUT2D eigenvalue weighted by Crippen LogP contribution is -2.32. The highest BCUT2D eigenvalue weighted by atomic mass is 16.5. The molecule has 0 bridgehead atoms. The van der Waals surface area contributed by atoms with Crippen molar-refractivity contribution in [1.29, 1.82) is 0 Å². The van der Waals surface area contributed by atoms with Crippen molar-refractivity contribution in [1.82, 2.24) is 20.1 Å². The summed E-state index contributed by atoms with van der Waals surface area (Å²) in [4.78, 5) is 19.1. The molecule has 1 atom stereocenters. The van der Waals surface area contributed by atoms with Crippen LogP contribution in [-0.2, 0) is 11.2 Å². The molecule has 4 rings (SSSR count). The first-order valence-corrected chi connectivity index (χ1v) is 9.71. The highest BCUT2D eigenvalue weighted by Crippen LogP contribution is 2.36. The molecule has 3 aromatic rings. The molecule has 6 nitrogen and oxygen atoms in total. The third kappa shape index (κ3) is 3.76. The van der Waals surface area contributed by atoms with Gasteiger partial charge in [-0.25, -0.2) is 0 Å². The van der Waals surface area contributed by atoms with E-state index in [1.54, 1.807) is 12.4 Å². The zero-order valence-electron chi connectivity index (χ0n) is 16.0. The fourth-order valence-corrected chi connectivity index (χ4v) is 3.82. The van der Waals surface area contributed by atoms with E-state index in [1.807, 2.05) is 54.4 Å². The van der Waals surface area contributed by atoms with Crippen LogP contribution < -0.4 is 4.74 Å². The Morgan fingerprint density at radius 2 is 2.00 bits per heavy atom. The van der Waals surface area contributed by atoms with Gasteiger partial charge in [-0.3, -0.25) is 14.9 Å². The number of aromatic amines is 1. The highest BCUT2D eigenvalue weighted by Gasteiger charge is 2.32. The molecule has 0 aliphatic carbocycles. The number of hydrogen-bond donors (Lipinski definition) is 1. The average molecular weight is 376 g/mol. The average Bonchev–Trinajstić information content (AvgIpc) is 3.39. The van der Waals surface area contributed by atoms with E-state index in [-0.39, 0.29) is 11.9 Å². The molecule has 1 saturated heterocycles. The summed E-state index contributed by atoms with van der Waals surface area (Å²) < 4.78 is 5.48. The van der Waals surface area contributed by atoms with E-state index < -0.39 is 0 Å². The van der Waals surface area contributed by atoms with Crippen LogP contribution >= 0.6 is 0 Å². The maximum absolute atomic E-state index is 13.0. The first-order chi connectivity index (χ1) is 13.8. The zero-order valence-corrected chi connectivity index (χ0v) is 16.0. The molecule has 6 heteroatoms. The van der Waals surface area contributed by atoms with Crippen LogP contribution in [0.1, 0.15) is 37.1 Å². The summed E-state index contributed by atoms with van der Waals surface area (Å²) in [7, 11) is 0. The van der Waals surface area contributed by atoms with Crippen LogP contribution in [0.15, 0.2) is 55.0 Å². The fourth-order valence-electron chi connectivity index (χ4n) is 3.82. The first kappa shape index (κ1) is 18.2. The van der Waals surface area contributed by atoms with Gasteiger partial charge in [-0.2, -0.15) is 5.10 Å². The Morgan fingerprint density at radius 1 is 1.21 bits per heavy atom. The minimum absolute atomic E-state index is 0.0286.